The fourth-order valence-corrected chi connectivity index (χ4v) is 5.91. The summed E-state index contributed by atoms with van der Waals surface area (Å²) in [6, 6.07) is 2.52. The monoisotopic (exact) mass is 539 g/mol. The second kappa shape index (κ2) is 9.28. The molecule has 0 saturated carbocycles. The Balaban J connectivity index is 1.73. The number of hydrogen-bond acceptors (Lipinski definition) is 5. The van der Waals surface area contributed by atoms with Crippen molar-refractivity contribution in [2.45, 2.75) is 25.9 Å². The number of thiazole rings is 1. The molecular weight excluding hydrogens is 520 g/mol. The highest BCUT2D eigenvalue weighted by atomic mass is 32.1. The van der Waals surface area contributed by atoms with E-state index < -0.39 is 34.7 Å². The van der Waals surface area contributed by atoms with E-state index in [9.17, 15) is 31.9 Å². The molecule has 36 heavy (non-hydrogen) atoms. The van der Waals surface area contributed by atoms with E-state index in [0.717, 1.165) is 32.9 Å². The van der Waals surface area contributed by atoms with Crippen LogP contribution in [0.2, 0.25) is 0 Å². The van der Waals surface area contributed by atoms with Crippen LogP contribution in [0.25, 0.3) is 21.5 Å². The first kappa shape index (κ1) is 25.8. The number of halogens is 4. The fourth-order valence-electron chi connectivity index (χ4n) is 3.84. The van der Waals surface area contributed by atoms with Crippen LogP contribution in [0.1, 0.15) is 22.9 Å². The highest BCUT2D eigenvalue weighted by Crippen LogP contribution is 2.33. The van der Waals surface area contributed by atoms with E-state index in [1.807, 2.05) is 6.92 Å². The lowest BCUT2D eigenvalue weighted by atomic mass is 10.1. The third-order valence-corrected chi connectivity index (χ3v) is 8.02. The van der Waals surface area contributed by atoms with Crippen LogP contribution in [-0.2, 0) is 37.9 Å². The van der Waals surface area contributed by atoms with E-state index >= 15 is 0 Å². The first-order valence-corrected chi connectivity index (χ1v) is 12.2. The Morgan fingerprint density at radius 2 is 1.86 bits per heavy atom. The summed E-state index contributed by atoms with van der Waals surface area (Å²) in [6.07, 6.45) is -4.48. The first-order valence-electron chi connectivity index (χ1n) is 10.5. The summed E-state index contributed by atoms with van der Waals surface area (Å²) in [4.78, 5) is 43.5. The zero-order valence-electron chi connectivity index (χ0n) is 19.3. The van der Waals surface area contributed by atoms with Gasteiger partial charge in [-0.15, -0.1) is 22.7 Å². The van der Waals surface area contributed by atoms with Gasteiger partial charge in [0.2, 0.25) is 0 Å². The van der Waals surface area contributed by atoms with Gasteiger partial charge in [0, 0.05) is 37.0 Å². The average Bonchev–Trinajstić information content (AvgIpc) is 3.35. The lowest BCUT2D eigenvalue weighted by Gasteiger charge is -2.09. The van der Waals surface area contributed by atoms with Crippen molar-refractivity contribution in [3.8, 4) is 11.3 Å². The molecule has 1 radical (unpaired) electrons. The summed E-state index contributed by atoms with van der Waals surface area (Å²) in [6.45, 7) is 1.87. The van der Waals surface area contributed by atoms with Crippen LogP contribution in [0.15, 0.2) is 38.2 Å². The Morgan fingerprint density at radius 3 is 2.47 bits per heavy atom. The Morgan fingerprint density at radius 1 is 1.17 bits per heavy atom. The quantitative estimate of drug-likeness (QED) is 0.370. The number of hydrogen-bond donors (Lipinski definition) is 0. The van der Waals surface area contributed by atoms with Crippen molar-refractivity contribution in [2.24, 2.45) is 19.1 Å². The normalized spacial score (nSPS) is 12.6. The van der Waals surface area contributed by atoms with Crippen LogP contribution in [0, 0.1) is 12.9 Å². The molecule has 0 unspecified atom stereocenters. The minimum absolute atomic E-state index is 0.141. The Bertz CT molecular complexity index is 1700. The molecule has 4 aromatic rings. The molecule has 3 aromatic heterocycles. The molecular formula is C23H19F4N4O3S2. The molecule has 0 aliphatic heterocycles. The predicted molar refractivity (Wildman–Crippen MR) is 129 cm³/mol. The number of amides is 1. The van der Waals surface area contributed by atoms with E-state index in [1.165, 1.54) is 32.9 Å². The number of carbonyl (C=O) groups is 1. The van der Waals surface area contributed by atoms with Gasteiger partial charge in [-0.1, -0.05) is 13.0 Å². The largest absolute Gasteiger partial charge is 0.419 e. The van der Waals surface area contributed by atoms with Gasteiger partial charge in [0.15, 0.2) is 4.80 Å². The summed E-state index contributed by atoms with van der Waals surface area (Å²) >= 11 is 2.28. The van der Waals surface area contributed by atoms with Crippen molar-refractivity contribution in [1.82, 2.24) is 13.7 Å². The van der Waals surface area contributed by atoms with Crippen LogP contribution < -0.4 is 16.1 Å². The number of fused-ring (bicyclic) bond motifs is 1. The van der Waals surface area contributed by atoms with Crippen molar-refractivity contribution in [3.63, 3.8) is 0 Å². The molecule has 0 N–H and O–H groups in total. The number of benzene rings is 1. The van der Waals surface area contributed by atoms with Gasteiger partial charge in [0.25, 0.3) is 11.5 Å². The van der Waals surface area contributed by atoms with Crippen LogP contribution in [0.4, 0.5) is 17.6 Å². The van der Waals surface area contributed by atoms with Gasteiger partial charge in [-0.25, -0.2) is 9.18 Å². The molecule has 0 saturated heterocycles. The van der Waals surface area contributed by atoms with E-state index in [4.69, 9.17) is 0 Å². The molecule has 0 atom stereocenters. The summed E-state index contributed by atoms with van der Waals surface area (Å²) in [5, 5.41) is 1.80. The van der Waals surface area contributed by atoms with Crippen LogP contribution in [-0.4, -0.2) is 19.6 Å². The van der Waals surface area contributed by atoms with Crippen molar-refractivity contribution in [2.75, 3.05) is 0 Å². The number of aromatic nitrogens is 3. The number of thiophene rings is 1. The van der Waals surface area contributed by atoms with Gasteiger partial charge < -0.3 is 4.57 Å². The lowest BCUT2D eigenvalue weighted by Crippen LogP contribution is -2.36. The van der Waals surface area contributed by atoms with Crippen LogP contribution in [0.5, 0.6) is 0 Å². The Kier molecular flexibility index (Phi) is 6.64. The van der Waals surface area contributed by atoms with Crippen molar-refractivity contribution in [3.05, 3.63) is 78.1 Å². The third-order valence-electron chi connectivity index (χ3n) is 5.71. The van der Waals surface area contributed by atoms with Crippen molar-refractivity contribution < 1.29 is 22.4 Å². The predicted octanol–water partition coefficient (Wildman–Crippen LogP) is 3.86. The SMILES string of the molecule is [CH2]n1c(-c2ccc(C(F)(F)F)c(F)c2)cs/c1=N\C(=O)Cc1c(CC)sc2c1c(=O)n(C)c(=O)n2C. The number of carbonyl (C=O) groups excluding carboxylic acids is 1. The zero-order valence-corrected chi connectivity index (χ0v) is 20.9. The Hall–Kier alpha value is -3.32. The van der Waals surface area contributed by atoms with Crippen LogP contribution >= 0.6 is 22.7 Å². The van der Waals surface area contributed by atoms with Gasteiger partial charge in [-0.3, -0.25) is 18.7 Å². The number of aryl methyl sites for hydroxylation is 2. The van der Waals surface area contributed by atoms with E-state index in [2.05, 4.69) is 12.0 Å². The lowest BCUT2D eigenvalue weighted by molar-refractivity contribution is -0.140. The van der Waals surface area contributed by atoms with Crippen LogP contribution in [0.3, 0.4) is 0 Å². The maximum Gasteiger partial charge on any atom is 0.419 e. The minimum Gasteiger partial charge on any atom is -0.315 e. The maximum atomic E-state index is 14.0. The van der Waals surface area contributed by atoms with Gasteiger partial charge in [-0.2, -0.15) is 18.2 Å². The molecule has 189 valence electrons. The van der Waals surface area contributed by atoms with Crippen molar-refractivity contribution in [1.29, 1.82) is 0 Å². The van der Waals surface area contributed by atoms with E-state index in [-0.39, 0.29) is 22.5 Å². The third kappa shape index (κ3) is 4.37. The second-order valence-electron chi connectivity index (χ2n) is 7.95. The zero-order chi connectivity index (χ0) is 26.5. The van der Waals surface area contributed by atoms with Gasteiger partial charge in [0.1, 0.15) is 10.6 Å². The second-order valence-corrected chi connectivity index (χ2v) is 9.87. The molecule has 0 aliphatic carbocycles. The molecule has 13 heteroatoms. The highest BCUT2D eigenvalue weighted by Gasteiger charge is 2.34. The van der Waals surface area contributed by atoms with E-state index in [1.54, 1.807) is 7.05 Å². The summed E-state index contributed by atoms with van der Waals surface area (Å²) in [5.41, 5.74) is -1.43. The first-order chi connectivity index (χ1) is 16.8. The minimum atomic E-state index is -4.82. The summed E-state index contributed by atoms with van der Waals surface area (Å²) in [5.74, 6) is -2.00. The maximum absolute atomic E-state index is 14.0. The molecule has 0 fully saturated rings. The highest BCUT2D eigenvalue weighted by molar-refractivity contribution is 7.18. The summed E-state index contributed by atoms with van der Waals surface area (Å²) < 4.78 is 56.2. The van der Waals surface area contributed by atoms with Gasteiger partial charge in [0.05, 0.1) is 23.1 Å². The molecule has 1 aromatic carbocycles. The molecule has 0 spiro atoms. The number of rotatable bonds is 4. The number of alkyl halides is 3. The van der Waals surface area contributed by atoms with Gasteiger partial charge >= 0.3 is 11.9 Å². The number of nitrogens with zero attached hydrogens (tertiary/aromatic N) is 4. The molecule has 3 heterocycles. The summed E-state index contributed by atoms with van der Waals surface area (Å²) in [7, 11) is 6.71. The molecule has 0 aliphatic rings. The van der Waals surface area contributed by atoms with Gasteiger partial charge in [-0.05, 0) is 24.1 Å². The average molecular weight is 540 g/mol. The smallest absolute Gasteiger partial charge is 0.315 e. The van der Waals surface area contributed by atoms with Crippen molar-refractivity contribution >= 4 is 38.8 Å². The standard InChI is InChI=1S/C23H19F4N4O3S2/c1-5-16-12(18-19(33)30(3)22(34)31(4)20(18)36-16)9-17(32)28-21-29(2)15(10-35-21)11-6-7-13(14(24)8-11)23(25,26)27/h6-8,10H,2,5,9H2,1,3-4H3/b28-21-. The molecule has 4 rings (SSSR count). The molecule has 0 bridgehead atoms. The topological polar surface area (TPSA) is 78.4 Å². The fraction of sp³-hybridized carbons (Fsp3) is 0.261. The molecule has 1 amide bonds. The Labute approximate surface area is 209 Å². The van der Waals surface area contributed by atoms with E-state index in [0.29, 0.717) is 28.3 Å². The molecule has 7 nitrogen and oxygen atoms in total.